The van der Waals surface area contributed by atoms with Crippen LogP contribution in [0.4, 0.5) is 0 Å². The van der Waals surface area contributed by atoms with Crippen molar-refractivity contribution < 1.29 is 23.9 Å². The minimum absolute atomic E-state index is 0.178. The highest BCUT2D eigenvalue weighted by Gasteiger charge is 2.51. The first kappa shape index (κ1) is 22.0. The molecule has 2 amide bonds. The van der Waals surface area contributed by atoms with Crippen LogP contribution in [0, 0.1) is 19.3 Å². The summed E-state index contributed by atoms with van der Waals surface area (Å²) < 4.78 is 6.66. The van der Waals surface area contributed by atoms with Gasteiger partial charge in [-0.05, 0) is 57.0 Å². The number of ether oxygens (including phenoxy) is 1. The molecule has 2 aliphatic rings. The number of imide groups is 1. The van der Waals surface area contributed by atoms with Gasteiger partial charge in [-0.2, -0.15) is 0 Å². The second-order valence-corrected chi connectivity index (χ2v) is 8.88. The van der Waals surface area contributed by atoms with Gasteiger partial charge in [-0.15, -0.1) is 0 Å². The monoisotopic (exact) mass is 436 g/mol. The predicted octanol–water partition coefficient (Wildman–Crippen LogP) is 3.77. The minimum atomic E-state index is -0.589. The maximum atomic E-state index is 13.1. The van der Waals surface area contributed by atoms with Crippen molar-refractivity contribution in [2.75, 3.05) is 13.7 Å². The molecule has 0 radical (unpaired) electrons. The number of hydrogen-bond donors (Lipinski definition) is 0. The van der Waals surface area contributed by atoms with E-state index in [2.05, 4.69) is 0 Å². The third-order valence-electron chi connectivity index (χ3n) is 6.88. The lowest BCUT2D eigenvalue weighted by Gasteiger charge is -2.30. The van der Waals surface area contributed by atoms with Gasteiger partial charge in [0.05, 0.1) is 24.6 Å². The van der Waals surface area contributed by atoms with Crippen LogP contribution >= 0.6 is 0 Å². The largest absolute Gasteiger partial charge is 0.465 e. The topological polar surface area (TPSA) is 85.7 Å². The number of aryl methyl sites for hydroxylation is 1. The highest BCUT2D eigenvalue weighted by Crippen LogP contribution is 2.45. The lowest BCUT2D eigenvalue weighted by Crippen LogP contribution is -2.39. The molecule has 7 heteroatoms. The van der Waals surface area contributed by atoms with E-state index < -0.39 is 11.4 Å². The van der Waals surface area contributed by atoms with Crippen molar-refractivity contribution >= 4 is 23.6 Å². The van der Waals surface area contributed by atoms with Gasteiger partial charge >= 0.3 is 5.97 Å². The van der Waals surface area contributed by atoms with Crippen molar-refractivity contribution in [2.24, 2.45) is 5.41 Å². The lowest BCUT2D eigenvalue weighted by atomic mass is 9.73. The smallest absolute Gasteiger partial charge is 0.337 e. The van der Waals surface area contributed by atoms with Gasteiger partial charge in [0, 0.05) is 29.1 Å². The van der Waals surface area contributed by atoms with Crippen molar-refractivity contribution in [3.63, 3.8) is 0 Å². The third kappa shape index (κ3) is 3.66. The van der Waals surface area contributed by atoms with E-state index in [1.807, 2.05) is 18.4 Å². The molecule has 2 aromatic rings. The van der Waals surface area contributed by atoms with E-state index in [0.717, 1.165) is 49.2 Å². The fraction of sp³-hybridized carbons (Fsp3) is 0.440. The summed E-state index contributed by atoms with van der Waals surface area (Å²) in [7, 11) is 1.33. The van der Waals surface area contributed by atoms with E-state index in [9.17, 15) is 19.2 Å². The highest BCUT2D eigenvalue weighted by atomic mass is 16.5. The van der Waals surface area contributed by atoms with Crippen LogP contribution in [0.1, 0.15) is 70.6 Å². The second-order valence-electron chi connectivity index (χ2n) is 8.88. The van der Waals surface area contributed by atoms with Gasteiger partial charge in [-0.3, -0.25) is 19.3 Å². The number of likely N-dealkylation sites (tertiary alicyclic amines) is 1. The molecule has 1 aromatic carbocycles. The Morgan fingerprint density at radius 1 is 1.03 bits per heavy atom. The number of benzene rings is 1. The molecule has 2 fully saturated rings. The van der Waals surface area contributed by atoms with Crippen LogP contribution < -0.4 is 0 Å². The van der Waals surface area contributed by atoms with Gasteiger partial charge in [0.2, 0.25) is 11.8 Å². The maximum absolute atomic E-state index is 13.1. The molecule has 1 aromatic heterocycles. The first-order chi connectivity index (χ1) is 15.3. The van der Waals surface area contributed by atoms with Crippen LogP contribution in [0.5, 0.6) is 0 Å². The van der Waals surface area contributed by atoms with Crippen molar-refractivity contribution in [3.8, 4) is 5.69 Å². The Labute approximate surface area is 187 Å². The van der Waals surface area contributed by atoms with Crippen molar-refractivity contribution in [1.82, 2.24) is 9.47 Å². The normalized spacial score (nSPS) is 17.8. The number of rotatable bonds is 5. The van der Waals surface area contributed by atoms with E-state index in [1.54, 1.807) is 30.3 Å². The lowest BCUT2D eigenvalue weighted by molar-refractivity contribution is -0.141. The van der Waals surface area contributed by atoms with Gasteiger partial charge in [0.15, 0.2) is 5.78 Å². The van der Waals surface area contributed by atoms with E-state index in [4.69, 9.17) is 4.74 Å². The summed E-state index contributed by atoms with van der Waals surface area (Å²) in [6.45, 7) is 3.51. The standard InChI is InChI=1S/C25H28N2O5/c1-16-13-20(17(2)27(16)19-9-7-18(8-10-19)23(30)32-3)21(28)15-26-22(29)14-25(24(26)31)11-5-4-6-12-25/h7-10,13H,4-6,11-12,14-15H2,1-3H3. The number of hydrogen-bond acceptors (Lipinski definition) is 5. The average molecular weight is 437 g/mol. The van der Waals surface area contributed by atoms with E-state index in [-0.39, 0.29) is 30.6 Å². The minimum Gasteiger partial charge on any atom is -0.465 e. The highest BCUT2D eigenvalue weighted by molar-refractivity contribution is 6.10. The fourth-order valence-electron chi connectivity index (χ4n) is 5.17. The SMILES string of the molecule is COC(=O)c1ccc(-n2c(C)cc(C(=O)CN3C(=O)CC4(CCCCC4)C3=O)c2C)cc1. The third-order valence-corrected chi connectivity index (χ3v) is 6.88. The fourth-order valence-corrected chi connectivity index (χ4v) is 5.17. The molecule has 1 aliphatic carbocycles. The molecular weight excluding hydrogens is 408 g/mol. The Morgan fingerprint density at radius 3 is 2.31 bits per heavy atom. The first-order valence-electron chi connectivity index (χ1n) is 11.0. The molecule has 0 atom stereocenters. The summed E-state index contributed by atoms with van der Waals surface area (Å²) in [5.74, 6) is -1.07. The Kier molecular flexibility index (Phi) is 5.75. The second kappa shape index (κ2) is 8.37. The summed E-state index contributed by atoms with van der Waals surface area (Å²) in [4.78, 5) is 51.7. The van der Waals surface area contributed by atoms with Gasteiger partial charge in [-0.1, -0.05) is 19.3 Å². The van der Waals surface area contributed by atoms with Gasteiger partial charge in [0.1, 0.15) is 0 Å². The number of ketones is 1. The van der Waals surface area contributed by atoms with Crippen LogP contribution in [0.15, 0.2) is 30.3 Å². The van der Waals surface area contributed by atoms with Gasteiger partial charge < -0.3 is 9.30 Å². The number of Topliss-reactive ketones (excluding diaryl/α,β-unsaturated/α-hetero) is 1. The Balaban J connectivity index is 1.56. The summed E-state index contributed by atoms with van der Waals surface area (Å²) in [5.41, 5.74) is 2.72. The zero-order valence-electron chi connectivity index (χ0n) is 18.8. The summed E-state index contributed by atoms with van der Waals surface area (Å²) in [6, 6.07) is 8.72. The molecule has 2 heterocycles. The number of nitrogens with zero attached hydrogens (tertiary/aromatic N) is 2. The van der Waals surface area contributed by atoms with Crippen molar-refractivity contribution in [1.29, 1.82) is 0 Å². The van der Waals surface area contributed by atoms with Crippen LogP contribution in [0.2, 0.25) is 0 Å². The molecule has 32 heavy (non-hydrogen) atoms. The van der Waals surface area contributed by atoms with Crippen LogP contribution in [0.25, 0.3) is 5.69 Å². The van der Waals surface area contributed by atoms with Crippen LogP contribution in [0.3, 0.4) is 0 Å². The van der Waals surface area contributed by atoms with Crippen LogP contribution in [-0.2, 0) is 14.3 Å². The summed E-state index contributed by atoms with van der Waals surface area (Å²) in [5, 5.41) is 0. The molecular formula is C25H28N2O5. The maximum Gasteiger partial charge on any atom is 0.337 e. The number of carbonyl (C=O) groups excluding carboxylic acids is 4. The van der Waals surface area contributed by atoms with E-state index in [0.29, 0.717) is 11.1 Å². The molecule has 1 aliphatic heterocycles. The van der Waals surface area contributed by atoms with Crippen molar-refractivity contribution in [3.05, 3.63) is 52.8 Å². The average Bonchev–Trinajstić information content (AvgIpc) is 3.21. The Bertz CT molecular complexity index is 1090. The van der Waals surface area contributed by atoms with E-state index >= 15 is 0 Å². The number of carbonyl (C=O) groups is 4. The molecule has 1 saturated heterocycles. The molecule has 168 valence electrons. The number of methoxy groups -OCH3 is 1. The number of esters is 1. The molecule has 1 saturated carbocycles. The molecule has 4 rings (SSSR count). The van der Waals surface area contributed by atoms with Crippen molar-refractivity contribution in [2.45, 2.75) is 52.4 Å². The molecule has 0 N–H and O–H groups in total. The summed E-state index contributed by atoms with van der Waals surface area (Å²) in [6.07, 6.45) is 4.70. The molecule has 1 spiro atoms. The number of amides is 2. The zero-order valence-corrected chi connectivity index (χ0v) is 18.8. The Hall–Kier alpha value is -3.22. The van der Waals surface area contributed by atoms with E-state index in [1.165, 1.54) is 12.0 Å². The molecule has 7 nitrogen and oxygen atoms in total. The quantitative estimate of drug-likeness (QED) is 0.405. The molecule has 0 bridgehead atoms. The predicted molar refractivity (Wildman–Crippen MR) is 118 cm³/mol. The summed E-state index contributed by atoms with van der Waals surface area (Å²) >= 11 is 0. The zero-order chi connectivity index (χ0) is 23.0. The van der Waals surface area contributed by atoms with Crippen LogP contribution in [-0.4, -0.2) is 46.7 Å². The first-order valence-corrected chi connectivity index (χ1v) is 11.0. The van der Waals surface area contributed by atoms with Gasteiger partial charge in [0.25, 0.3) is 0 Å². The Morgan fingerprint density at radius 2 is 1.69 bits per heavy atom. The number of aromatic nitrogens is 1. The molecule has 0 unspecified atom stereocenters. The van der Waals surface area contributed by atoms with Gasteiger partial charge in [-0.25, -0.2) is 4.79 Å².